The van der Waals surface area contributed by atoms with E-state index in [1.54, 1.807) is 0 Å². The van der Waals surface area contributed by atoms with Gasteiger partial charge in [-0.15, -0.1) is 0 Å². The highest BCUT2D eigenvalue weighted by Gasteiger charge is 2.15. The van der Waals surface area contributed by atoms with Crippen LogP contribution in [0.5, 0.6) is 0 Å². The predicted molar refractivity (Wildman–Crippen MR) is 66.6 cm³/mol. The summed E-state index contributed by atoms with van der Waals surface area (Å²) in [5.41, 5.74) is 0. The zero-order valence-corrected chi connectivity index (χ0v) is 11.2. The minimum Gasteiger partial charge on any atom is -0.450 e. The van der Waals surface area contributed by atoms with Crippen LogP contribution in [-0.4, -0.2) is 42.5 Å². The Kier molecular flexibility index (Phi) is 10.1. The lowest BCUT2D eigenvalue weighted by atomic mass is 10.2. The Balaban J connectivity index is 4.09. The third-order valence-corrected chi connectivity index (χ3v) is 1.89. The van der Waals surface area contributed by atoms with E-state index in [1.807, 2.05) is 0 Å². The fraction of sp³-hybridized carbons (Fsp3) is 0.417. The molecule has 0 aliphatic rings. The number of carbonyl (C=O) groups excluding carboxylic acids is 2. The zero-order valence-electron chi connectivity index (χ0n) is 11.2. The van der Waals surface area contributed by atoms with Crippen LogP contribution >= 0.6 is 0 Å². The molecule has 0 saturated carbocycles. The molecule has 0 heterocycles. The first-order valence-corrected chi connectivity index (χ1v) is 5.81. The van der Waals surface area contributed by atoms with Crippen LogP contribution in [0.1, 0.15) is 12.8 Å². The Morgan fingerprint density at radius 3 is 2.29 bits per heavy atom. The summed E-state index contributed by atoms with van der Waals surface area (Å²) in [4.78, 5) is 49.7. The molecule has 0 spiro atoms. The maximum Gasteiger partial charge on any atom is 0.505 e. The van der Waals surface area contributed by atoms with Crippen molar-refractivity contribution in [1.82, 2.24) is 0 Å². The number of hydrogen-bond donors (Lipinski definition) is 1. The first kappa shape index (κ1) is 18.6. The van der Waals surface area contributed by atoms with Crippen molar-refractivity contribution in [3.8, 4) is 0 Å². The van der Waals surface area contributed by atoms with Crippen molar-refractivity contribution in [2.75, 3.05) is 13.2 Å². The Bertz CT molecular complexity index is 377. The van der Waals surface area contributed by atoms with Crippen molar-refractivity contribution in [1.29, 1.82) is 0 Å². The molecule has 0 rings (SSSR count). The Hall–Kier alpha value is -2.39. The van der Waals surface area contributed by atoms with Gasteiger partial charge in [0.15, 0.2) is 0 Å². The second kappa shape index (κ2) is 11.4. The molecule has 0 radical (unpaired) electrons. The smallest absolute Gasteiger partial charge is 0.450 e. The SMILES string of the molecule is C=CC(=O)OOCC(CCCOC(=O)O)OOC(=O)C=C. The van der Waals surface area contributed by atoms with E-state index >= 15 is 0 Å². The normalized spacial score (nSPS) is 11.0. The summed E-state index contributed by atoms with van der Waals surface area (Å²) in [6.45, 7) is 6.03. The fourth-order valence-corrected chi connectivity index (χ4v) is 0.981. The van der Waals surface area contributed by atoms with Crippen molar-refractivity contribution in [2.24, 2.45) is 0 Å². The standard InChI is InChI=1S/C12H16O9/c1-3-10(13)20-18-8-9(19-21-11(14)4-2)6-5-7-17-12(15)16/h3-4,9H,1-2,5-8H2,(H,15,16). The number of carbonyl (C=O) groups is 3. The van der Waals surface area contributed by atoms with Gasteiger partial charge in [0.2, 0.25) is 0 Å². The van der Waals surface area contributed by atoms with Gasteiger partial charge in [-0.05, 0) is 12.8 Å². The molecule has 0 aromatic rings. The van der Waals surface area contributed by atoms with Crippen molar-refractivity contribution >= 4 is 18.1 Å². The highest BCUT2D eigenvalue weighted by molar-refractivity contribution is 5.80. The largest absolute Gasteiger partial charge is 0.505 e. The van der Waals surface area contributed by atoms with Gasteiger partial charge in [0.1, 0.15) is 12.7 Å². The third kappa shape index (κ3) is 11.2. The molecule has 9 nitrogen and oxygen atoms in total. The highest BCUT2D eigenvalue weighted by Crippen LogP contribution is 2.06. The summed E-state index contributed by atoms with van der Waals surface area (Å²) in [7, 11) is 0. The minimum absolute atomic E-state index is 0.0724. The van der Waals surface area contributed by atoms with E-state index < -0.39 is 24.2 Å². The molecule has 0 amide bonds. The summed E-state index contributed by atoms with van der Waals surface area (Å²) in [6.07, 6.45) is 0.105. The average Bonchev–Trinajstić information content (AvgIpc) is 2.47. The molecular weight excluding hydrogens is 288 g/mol. The number of rotatable bonds is 11. The van der Waals surface area contributed by atoms with Gasteiger partial charge in [-0.3, -0.25) is 9.78 Å². The third-order valence-electron chi connectivity index (χ3n) is 1.89. The number of carboxylic acid groups (broad SMARTS) is 1. The van der Waals surface area contributed by atoms with E-state index in [1.165, 1.54) is 0 Å². The van der Waals surface area contributed by atoms with E-state index in [9.17, 15) is 14.4 Å². The van der Waals surface area contributed by atoms with Crippen LogP contribution in [0.3, 0.4) is 0 Å². The molecule has 0 aromatic carbocycles. The summed E-state index contributed by atoms with van der Waals surface area (Å²) < 4.78 is 4.30. The molecule has 1 atom stereocenters. The maximum absolute atomic E-state index is 10.9. The van der Waals surface area contributed by atoms with Crippen molar-refractivity contribution in [3.05, 3.63) is 25.3 Å². The van der Waals surface area contributed by atoms with E-state index in [-0.39, 0.29) is 26.1 Å². The Morgan fingerprint density at radius 1 is 1.10 bits per heavy atom. The van der Waals surface area contributed by atoms with E-state index in [4.69, 9.17) is 9.99 Å². The first-order valence-electron chi connectivity index (χ1n) is 5.81. The highest BCUT2D eigenvalue weighted by atomic mass is 17.2. The van der Waals surface area contributed by atoms with Gasteiger partial charge in [0, 0.05) is 12.2 Å². The Morgan fingerprint density at radius 2 is 1.71 bits per heavy atom. The lowest BCUT2D eigenvalue weighted by Gasteiger charge is -2.14. The minimum atomic E-state index is -1.40. The average molecular weight is 304 g/mol. The molecule has 0 aromatic heterocycles. The molecule has 0 fully saturated rings. The van der Waals surface area contributed by atoms with Gasteiger partial charge in [-0.25, -0.2) is 14.4 Å². The van der Waals surface area contributed by atoms with Crippen LogP contribution < -0.4 is 0 Å². The van der Waals surface area contributed by atoms with Gasteiger partial charge in [0.05, 0.1) is 6.61 Å². The van der Waals surface area contributed by atoms with Gasteiger partial charge >= 0.3 is 18.1 Å². The number of ether oxygens (including phenoxy) is 1. The molecule has 0 aliphatic carbocycles. The van der Waals surface area contributed by atoms with Crippen LogP contribution in [-0.2, 0) is 33.9 Å². The topological polar surface area (TPSA) is 118 Å². The van der Waals surface area contributed by atoms with Gasteiger partial charge in [-0.2, -0.15) is 9.78 Å². The predicted octanol–water partition coefficient (Wildman–Crippen LogP) is 1.15. The van der Waals surface area contributed by atoms with Crippen LogP contribution in [0, 0.1) is 0 Å². The quantitative estimate of drug-likeness (QED) is 0.197. The summed E-state index contributed by atoms with van der Waals surface area (Å²) in [5, 5.41) is 8.29. The van der Waals surface area contributed by atoms with Gasteiger partial charge < -0.3 is 9.84 Å². The van der Waals surface area contributed by atoms with Crippen molar-refractivity contribution < 1.29 is 43.8 Å². The molecule has 1 N–H and O–H groups in total. The molecule has 21 heavy (non-hydrogen) atoms. The van der Waals surface area contributed by atoms with Crippen LogP contribution in [0.25, 0.3) is 0 Å². The van der Waals surface area contributed by atoms with E-state index in [2.05, 4.69) is 32.6 Å². The van der Waals surface area contributed by atoms with Crippen molar-refractivity contribution in [2.45, 2.75) is 18.9 Å². The molecule has 9 heteroatoms. The molecular formula is C12H16O9. The maximum atomic E-state index is 10.9. The molecule has 0 aliphatic heterocycles. The zero-order chi connectivity index (χ0) is 16.1. The first-order chi connectivity index (χ1) is 9.99. The summed E-state index contributed by atoms with van der Waals surface area (Å²) in [6, 6.07) is 0. The van der Waals surface area contributed by atoms with Crippen molar-refractivity contribution in [3.63, 3.8) is 0 Å². The van der Waals surface area contributed by atoms with E-state index in [0.29, 0.717) is 0 Å². The van der Waals surface area contributed by atoms with Crippen LogP contribution in [0.2, 0.25) is 0 Å². The molecule has 0 bridgehead atoms. The molecule has 1 unspecified atom stereocenters. The fourth-order valence-electron chi connectivity index (χ4n) is 0.981. The van der Waals surface area contributed by atoms with Gasteiger partial charge in [-0.1, -0.05) is 13.2 Å². The lowest BCUT2D eigenvalue weighted by Crippen LogP contribution is -2.23. The van der Waals surface area contributed by atoms with Crippen LogP contribution in [0.4, 0.5) is 4.79 Å². The monoisotopic (exact) mass is 304 g/mol. The lowest BCUT2D eigenvalue weighted by molar-refractivity contribution is -0.334. The Labute approximate surface area is 120 Å². The van der Waals surface area contributed by atoms with Crippen LogP contribution in [0.15, 0.2) is 25.3 Å². The number of hydrogen-bond acceptors (Lipinski definition) is 8. The molecule has 0 saturated heterocycles. The second-order valence-electron chi connectivity index (χ2n) is 3.47. The van der Waals surface area contributed by atoms with E-state index in [0.717, 1.165) is 12.2 Å². The second-order valence-corrected chi connectivity index (χ2v) is 3.47. The summed E-state index contributed by atoms with van der Waals surface area (Å²) in [5.74, 6) is -1.61. The molecule has 118 valence electrons. The van der Waals surface area contributed by atoms with Gasteiger partial charge in [0.25, 0.3) is 0 Å². The summed E-state index contributed by atoms with van der Waals surface area (Å²) >= 11 is 0.